The zero-order valence-electron chi connectivity index (χ0n) is 14.2. The van der Waals surface area contributed by atoms with E-state index >= 15 is 0 Å². The van der Waals surface area contributed by atoms with Crippen LogP contribution < -0.4 is 0 Å². The van der Waals surface area contributed by atoms with E-state index in [0.717, 1.165) is 17.5 Å². The van der Waals surface area contributed by atoms with Crippen LogP contribution in [0.15, 0.2) is 22.7 Å². The van der Waals surface area contributed by atoms with E-state index in [1.165, 1.54) is 0 Å². The summed E-state index contributed by atoms with van der Waals surface area (Å²) < 4.78 is 4.90. The SMILES string of the molecule is Cc1nc(CC(=O)N2CCCC2C(=O)c2ccc(C)c(C)c2)no1. The Balaban J connectivity index is 1.75. The standard InChI is InChI=1S/C18H21N3O3/c1-11-6-7-14(9-12(11)2)18(23)15-5-4-8-21(15)17(22)10-16-19-13(3)24-20-16/h6-7,9,15H,4-5,8,10H2,1-3H3. The van der Waals surface area contributed by atoms with Crippen molar-refractivity contribution in [3.63, 3.8) is 0 Å². The van der Waals surface area contributed by atoms with Crippen LogP contribution in [0.5, 0.6) is 0 Å². The molecule has 2 aromatic rings. The van der Waals surface area contributed by atoms with Crippen LogP contribution in [0.25, 0.3) is 0 Å². The number of hydrogen-bond acceptors (Lipinski definition) is 5. The number of benzene rings is 1. The van der Waals surface area contributed by atoms with Crippen LogP contribution in [0.2, 0.25) is 0 Å². The Morgan fingerprint density at radius 1 is 1.25 bits per heavy atom. The number of carbonyl (C=O) groups is 2. The Labute approximate surface area is 140 Å². The van der Waals surface area contributed by atoms with Gasteiger partial charge >= 0.3 is 0 Å². The third-order valence-corrected chi connectivity index (χ3v) is 4.55. The minimum absolute atomic E-state index is 0.00763. The maximum atomic E-state index is 12.8. The molecule has 1 aromatic carbocycles. The second-order valence-electron chi connectivity index (χ2n) is 6.31. The number of hydrogen-bond donors (Lipinski definition) is 0. The smallest absolute Gasteiger partial charge is 0.231 e. The Morgan fingerprint density at radius 3 is 2.71 bits per heavy atom. The van der Waals surface area contributed by atoms with Gasteiger partial charge in [-0.05, 0) is 43.9 Å². The molecule has 1 aliphatic rings. The van der Waals surface area contributed by atoms with E-state index in [0.29, 0.717) is 30.2 Å². The molecule has 1 fully saturated rings. The van der Waals surface area contributed by atoms with Crippen molar-refractivity contribution < 1.29 is 14.1 Å². The van der Waals surface area contributed by atoms with Gasteiger partial charge in [-0.3, -0.25) is 9.59 Å². The van der Waals surface area contributed by atoms with Crippen molar-refractivity contribution in [3.8, 4) is 0 Å². The summed E-state index contributed by atoms with van der Waals surface area (Å²) in [5, 5.41) is 3.76. The Bertz CT molecular complexity index is 782. The van der Waals surface area contributed by atoms with Crippen molar-refractivity contribution >= 4 is 11.7 Å². The highest BCUT2D eigenvalue weighted by Gasteiger charge is 2.34. The molecule has 0 N–H and O–H groups in total. The Morgan fingerprint density at radius 2 is 2.04 bits per heavy atom. The molecule has 1 atom stereocenters. The van der Waals surface area contributed by atoms with Crippen molar-refractivity contribution in [3.05, 3.63) is 46.6 Å². The molecule has 6 nitrogen and oxygen atoms in total. The molecule has 0 spiro atoms. The summed E-state index contributed by atoms with van der Waals surface area (Å²) >= 11 is 0. The predicted molar refractivity (Wildman–Crippen MR) is 87.7 cm³/mol. The minimum Gasteiger partial charge on any atom is -0.340 e. The summed E-state index contributed by atoms with van der Waals surface area (Å²) in [4.78, 5) is 31.1. The summed E-state index contributed by atoms with van der Waals surface area (Å²) in [6.45, 7) is 6.28. The number of amides is 1. The summed E-state index contributed by atoms with van der Waals surface area (Å²) in [6.07, 6.45) is 1.59. The number of carbonyl (C=O) groups excluding carboxylic acids is 2. The highest BCUT2D eigenvalue weighted by Crippen LogP contribution is 2.23. The van der Waals surface area contributed by atoms with Gasteiger partial charge in [-0.2, -0.15) is 4.98 Å². The monoisotopic (exact) mass is 327 g/mol. The van der Waals surface area contributed by atoms with Crippen LogP contribution in [0.1, 0.15) is 46.0 Å². The quantitative estimate of drug-likeness (QED) is 0.806. The lowest BCUT2D eigenvalue weighted by molar-refractivity contribution is -0.130. The van der Waals surface area contributed by atoms with Gasteiger partial charge in [-0.25, -0.2) is 0 Å². The van der Waals surface area contributed by atoms with Gasteiger partial charge < -0.3 is 9.42 Å². The third kappa shape index (κ3) is 3.22. The average Bonchev–Trinajstić information content (AvgIpc) is 3.18. The van der Waals surface area contributed by atoms with Gasteiger partial charge in [0.2, 0.25) is 11.8 Å². The van der Waals surface area contributed by atoms with Crippen molar-refractivity contribution in [2.45, 2.75) is 46.1 Å². The second kappa shape index (κ2) is 6.55. The molecular formula is C18H21N3O3. The predicted octanol–water partition coefficient (Wildman–Crippen LogP) is 2.41. The number of aryl methyl sites for hydroxylation is 3. The molecule has 24 heavy (non-hydrogen) atoms. The highest BCUT2D eigenvalue weighted by atomic mass is 16.5. The Hall–Kier alpha value is -2.50. The van der Waals surface area contributed by atoms with Crippen LogP contribution in [0.4, 0.5) is 0 Å². The van der Waals surface area contributed by atoms with Gasteiger partial charge in [0.15, 0.2) is 11.6 Å². The molecule has 0 bridgehead atoms. The summed E-state index contributed by atoms with van der Waals surface area (Å²) in [6, 6.07) is 5.30. The number of aromatic nitrogens is 2. The summed E-state index contributed by atoms with van der Waals surface area (Å²) in [5.41, 5.74) is 2.90. The third-order valence-electron chi connectivity index (χ3n) is 4.55. The molecule has 6 heteroatoms. The lowest BCUT2D eigenvalue weighted by Gasteiger charge is -2.23. The fourth-order valence-electron chi connectivity index (χ4n) is 3.07. The maximum Gasteiger partial charge on any atom is 0.231 e. The zero-order chi connectivity index (χ0) is 17.3. The maximum absolute atomic E-state index is 12.8. The van der Waals surface area contributed by atoms with Gasteiger partial charge in [-0.1, -0.05) is 17.3 Å². The number of Topliss-reactive ketones (excluding diaryl/α,β-unsaturated/α-hetero) is 1. The van der Waals surface area contributed by atoms with E-state index in [9.17, 15) is 9.59 Å². The topological polar surface area (TPSA) is 76.3 Å². The van der Waals surface area contributed by atoms with E-state index in [-0.39, 0.29) is 18.1 Å². The first-order valence-corrected chi connectivity index (χ1v) is 8.16. The summed E-state index contributed by atoms with van der Waals surface area (Å²) in [5.74, 6) is 0.674. The highest BCUT2D eigenvalue weighted by molar-refractivity contribution is 6.02. The zero-order valence-corrected chi connectivity index (χ0v) is 14.2. The van der Waals surface area contributed by atoms with Crippen LogP contribution in [0, 0.1) is 20.8 Å². The molecule has 1 amide bonds. The first-order chi connectivity index (χ1) is 11.5. The number of nitrogens with zero attached hydrogens (tertiary/aromatic N) is 3. The first kappa shape index (κ1) is 16.4. The van der Waals surface area contributed by atoms with Gasteiger partial charge in [0, 0.05) is 19.0 Å². The van der Waals surface area contributed by atoms with Crippen molar-refractivity contribution in [1.29, 1.82) is 0 Å². The van der Waals surface area contributed by atoms with Crippen LogP contribution in [-0.4, -0.2) is 39.3 Å². The largest absolute Gasteiger partial charge is 0.340 e. The van der Waals surface area contributed by atoms with Crippen molar-refractivity contribution in [2.75, 3.05) is 6.54 Å². The van der Waals surface area contributed by atoms with Crippen LogP contribution in [-0.2, 0) is 11.2 Å². The first-order valence-electron chi connectivity index (χ1n) is 8.16. The van der Waals surface area contributed by atoms with Crippen molar-refractivity contribution in [1.82, 2.24) is 15.0 Å². The molecule has 1 saturated heterocycles. The van der Waals surface area contributed by atoms with E-state index in [2.05, 4.69) is 10.1 Å². The number of rotatable bonds is 4. The molecule has 2 heterocycles. The van der Waals surface area contributed by atoms with E-state index in [1.807, 2.05) is 32.0 Å². The molecule has 1 aliphatic heterocycles. The van der Waals surface area contributed by atoms with E-state index < -0.39 is 6.04 Å². The van der Waals surface area contributed by atoms with E-state index in [4.69, 9.17) is 4.52 Å². The van der Waals surface area contributed by atoms with Crippen molar-refractivity contribution in [2.24, 2.45) is 0 Å². The van der Waals surface area contributed by atoms with Crippen LogP contribution >= 0.6 is 0 Å². The van der Waals surface area contributed by atoms with Gasteiger partial charge in [-0.15, -0.1) is 0 Å². The molecule has 3 rings (SSSR count). The number of likely N-dealkylation sites (tertiary alicyclic amines) is 1. The molecule has 1 aromatic heterocycles. The molecular weight excluding hydrogens is 306 g/mol. The fraction of sp³-hybridized carbons (Fsp3) is 0.444. The van der Waals surface area contributed by atoms with Gasteiger partial charge in [0.05, 0.1) is 12.5 Å². The normalized spacial score (nSPS) is 17.3. The molecule has 126 valence electrons. The lowest BCUT2D eigenvalue weighted by atomic mass is 9.98. The molecule has 0 radical (unpaired) electrons. The van der Waals surface area contributed by atoms with E-state index in [1.54, 1.807) is 11.8 Å². The number of ketones is 1. The van der Waals surface area contributed by atoms with Gasteiger partial charge in [0.1, 0.15) is 0 Å². The second-order valence-corrected chi connectivity index (χ2v) is 6.31. The summed E-state index contributed by atoms with van der Waals surface area (Å²) in [7, 11) is 0. The fourth-order valence-corrected chi connectivity index (χ4v) is 3.07. The molecule has 0 saturated carbocycles. The molecule has 1 unspecified atom stereocenters. The molecule has 0 aliphatic carbocycles. The average molecular weight is 327 g/mol. The minimum atomic E-state index is -0.396. The van der Waals surface area contributed by atoms with Gasteiger partial charge in [0.25, 0.3) is 0 Å². The lowest BCUT2D eigenvalue weighted by Crippen LogP contribution is -2.41. The Kier molecular flexibility index (Phi) is 4.46. The van der Waals surface area contributed by atoms with Crippen LogP contribution in [0.3, 0.4) is 0 Å².